The zero-order valence-electron chi connectivity index (χ0n) is 7.90. The second kappa shape index (κ2) is 6.21. The van der Waals surface area contributed by atoms with Crippen LogP contribution in [0.1, 0.15) is 13.8 Å². The van der Waals surface area contributed by atoms with Gasteiger partial charge < -0.3 is 14.8 Å². The average Bonchev–Trinajstić information content (AvgIpc) is 2.17. The number of aldehydes is 1. The second-order valence-corrected chi connectivity index (χ2v) is 2.58. The van der Waals surface area contributed by atoms with Gasteiger partial charge in [-0.05, 0) is 13.8 Å². The summed E-state index contributed by atoms with van der Waals surface area (Å²) < 4.78 is 0. The molecule has 0 amide bonds. The van der Waals surface area contributed by atoms with Crippen molar-refractivity contribution in [3.63, 3.8) is 0 Å². The largest absolute Gasteiger partial charge is 0.395 e. The van der Waals surface area contributed by atoms with E-state index in [1.54, 1.807) is 24.8 Å². The first-order valence-electron chi connectivity index (χ1n) is 4.10. The van der Waals surface area contributed by atoms with E-state index in [2.05, 4.69) is 0 Å². The summed E-state index contributed by atoms with van der Waals surface area (Å²) in [7, 11) is 0. The first-order chi connectivity index (χ1) is 6.21. The van der Waals surface area contributed by atoms with Crippen LogP contribution in [0.5, 0.6) is 0 Å². The summed E-state index contributed by atoms with van der Waals surface area (Å²) >= 11 is 0. The van der Waals surface area contributed by atoms with E-state index in [4.69, 9.17) is 10.4 Å². The number of hydrogen-bond donors (Lipinski definition) is 1. The zero-order valence-corrected chi connectivity index (χ0v) is 7.90. The van der Waals surface area contributed by atoms with E-state index in [1.807, 2.05) is 6.07 Å². The van der Waals surface area contributed by atoms with Crippen molar-refractivity contribution in [3.8, 4) is 6.07 Å². The van der Waals surface area contributed by atoms with Crippen molar-refractivity contribution in [2.24, 2.45) is 0 Å². The monoisotopic (exact) mass is 182 g/mol. The van der Waals surface area contributed by atoms with Crippen LogP contribution in [0.2, 0.25) is 0 Å². The van der Waals surface area contributed by atoms with Crippen molar-refractivity contribution >= 4 is 6.29 Å². The molecule has 1 N–H and O–H groups in total. The van der Waals surface area contributed by atoms with Crippen LogP contribution >= 0.6 is 0 Å². The summed E-state index contributed by atoms with van der Waals surface area (Å²) in [6, 6.07) is 1.59. The van der Waals surface area contributed by atoms with Gasteiger partial charge >= 0.3 is 0 Å². The highest BCUT2D eigenvalue weighted by molar-refractivity contribution is 5.57. The molecule has 0 bridgehead atoms. The van der Waals surface area contributed by atoms with Gasteiger partial charge in [0.1, 0.15) is 18.1 Å². The lowest BCUT2D eigenvalue weighted by Crippen LogP contribution is -2.35. The number of carbonyl (C=O) groups is 1. The third kappa shape index (κ3) is 3.26. The van der Waals surface area contributed by atoms with E-state index in [0.717, 1.165) is 6.29 Å². The fourth-order valence-electron chi connectivity index (χ4n) is 1.02. The van der Waals surface area contributed by atoms with Gasteiger partial charge in [-0.1, -0.05) is 6.08 Å². The van der Waals surface area contributed by atoms with Gasteiger partial charge in [-0.25, -0.2) is 0 Å². The molecule has 72 valence electrons. The molecule has 0 spiro atoms. The molecule has 0 aromatic heterocycles. The lowest BCUT2D eigenvalue weighted by molar-refractivity contribution is -0.111. The van der Waals surface area contributed by atoms with Gasteiger partial charge in [0.2, 0.25) is 0 Å². The SMILES string of the molecule is C/C=C(/C#N)N(CCO)C(C)C=O. The highest BCUT2D eigenvalue weighted by Gasteiger charge is 2.14. The van der Waals surface area contributed by atoms with E-state index in [-0.39, 0.29) is 12.6 Å². The Morgan fingerprint density at radius 3 is 2.69 bits per heavy atom. The number of aliphatic hydroxyl groups excluding tert-OH is 1. The Kier molecular flexibility index (Phi) is 5.57. The first-order valence-corrected chi connectivity index (χ1v) is 4.10. The first kappa shape index (κ1) is 11.7. The minimum Gasteiger partial charge on any atom is -0.395 e. The van der Waals surface area contributed by atoms with Crippen LogP contribution < -0.4 is 0 Å². The van der Waals surface area contributed by atoms with E-state index in [9.17, 15) is 4.79 Å². The summed E-state index contributed by atoms with van der Waals surface area (Å²) in [6.07, 6.45) is 2.37. The Morgan fingerprint density at radius 1 is 1.77 bits per heavy atom. The van der Waals surface area contributed by atoms with Crippen molar-refractivity contribution in [2.45, 2.75) is 19.9 Å². The predicted octanol–water partition coefficient (Wildman–Crippen LogP) is 0.295. The lowest BCUT2D eigenvalue weighted by atomic mass is 10.2. The molecular formula is C9H14N2O2. The van der Waals surface area contributed by atoms with Crippen LogP contribution in [0.4, 0.5) is 0 Å². The molecule has 0 aliphatic rings. The number of hydrogen-bond acceptors (Lipinski definition) is 4. The molecule has 0 aromatic carbocycles. The second-order valence-electron chi connectivity index (χ2n) is 2.58. The van der Waals surface area contributed by atoms with E-state index in [0.29, 0.717) is 12.2 Å². The van der Waals surface area contributed by atoms with Crippen molar-refractivity contribution in [2.75, 3.05) is 13.2 Å². The van der Waals surface area contributed by atoms with E-state index in [1.165, 1.54) is 0 Å². The molecule has 0 radical (unpaired) electrons. The molecule has 4 heteroatoms. The van der Waals surface area contributed by atoms with Crippen LogP contribution in [0.15, 0.2) is 11.8 Å². The van der Waals surface area contributed by atoms with Crippen molar-refractivity contribution in [1.29, 1.82) is 5.26 Å². The Labute approximate surface area is 78.1 Å². The van der Waals surface area contributed by atoms with Crippen LogP contribution in [0.3, 0.4) is 0 Å². The molecule has 1 unspecified atom stereocenters. The number of rotatable bonds is 5. The van der Waals surface area contributed by atoms with Crippen LogP contribution in [-0.2, 0) is 4.79 Å². The number of allylic oxidation sites excluding steroid dienone is 2. The summed E-state index contributed by atoms with van der Waals surface area (Å²) in [4.78, 5) is 12.1. The molecule has 1 atom stereocenters. The van der Waals surface area contributed by atoms with Crippen molar-refractivity contribution in [1.82, 2.24) is 4.90 Å². The zero-order chi connectivity index (χ0) is 10.3. The highest BCUT2D eigenvalue weighted by atomic mass is 16.3. The topological polar surface area (TPSA) is 64.3 Å². The van der Waals surface area contributed by atoms with Crippen molar-refractivity contribution in [3.05, 3.63) is 11.8 Å². The molecule has 0 saturated carbocycles. The molecule has 0 heterocycles. The number of carbonyl (C=O) groups excluding carboxylic acids is 1. The third-order valence-corrected chi connectivity index (χ3v) is 1.73. The van der Waals surface area contributed by atoms with Crippen molar-refractivity contribution < 1.29 is 9.90 Å². The predicted molar refractivity (Wildman–Crippen MR) is 48.7 cm³/mol. The Morgan fingerprint density at radius 2 is 2.38 bits per heavy atom. The number of nitrogens with zero attached hydrogens (tertiary/aromatic N) is 2. The van der Waals surface area contributed by atoms with Gasteiger partial charge in [0, 0.05) is 6.54 Å². The maximum absolute atomic E-state index is 10.5. The summed E-state index contributed by atoms with van der Waals surface area (Å²) in [6.45, 7) is 3.63. The number of aliphatic hydroxyl groups is 1. The van der Waals surface area contributed by atoms with Gasteiger partial charge in [0.05, 0.1) is 12.6 Å². The summed E-state index contributed by atoms with van der Waals surface area (Å²) in [5.74, 6) is 0. The Hall–Kier alpha value is -1.34. The Bertz CT molecular complexity index is 230. The molecule has 0 aliphatic carbocycles. The molecule has 0 aliphatic heterocycles. The highest BCUT2D eigenvalue weighted by Crippen LogP contribution is 2.06. The lowest BCUT2D eigenvalue weighted by Gasteiger charge is -2.25. The molecule has 0 rings (SSSR count). The van der Waals surface area contributed by atoms with Crippen LogP contribution in [0.25, 0.3) is 0 Å². The third-order valence-electron chi connectivity index (χ3n) is 1.73. The van der Waals surface area contributed by atoms with Gasteiger partial charge in [0.15, 0.2) is 0 Å². The smallest absolute Gasteiger partial charge is 0.142 e. The minimum atomic E-state index is -0.377. The Balaban J connectivity index is 4.59. The molecule has 4 nitrogen and oxygen atoms in total. The molecule has 13 heavy (non-hydrogen) atoms. The maximum Gasteiger partial charge on any atom is 0.142 e. The van der Waals surface area contributed by atoms with Gasteiger partial charge in [-0.15, -0.1) is 0 Å². The maximum atomic E-state index is 10.5. The van der Waals surface area contributed by atoms with Crippen LogP contribution in [0, 0.1) is 11.3 Å². The quantitative estimate of drug-likeness (QED) is 0.490. The number of nitriles is 1. The van der Waals surface area contributed by atoms with E-state index < -0.39 is 0 Å². The fraction of sp³-hybridized carbons (Fsp3) is 0.556. The molecule has 0 aromatic rings. The van der Waals surface area contributed by atoms with Gasteiger partial charge in [-0.3, -0.25) is 0 Å². The normalized spacial score (nSPS) is 13.2. The average molecular weight is 182 g/mol. The fourth-order valence-corrected chi connectivity index (χ4v) is 1.02. The van der Waals surface area contributed by atoms with Gasteiger partial charge in [0.25, 0.3) is 0 Å². The summed E-state index contributed by atoms with van der Waals surface area (Å²) in [5, 5.41) is 17.4. The standard InChI is InChI=1S/C9H14N2O2/c1-3-9(6-10)11(4-5-12)8(2)7-13/h3,7-8,12H,4-5H2,1-2H3/b9-3-. The minimum absolute atomic E-state index is 0.0722. The van der Waals surface area contributed by atoms with Gasteiger partial charge in [-0.2, -0.15) is 5.26 Å². The summed E-state index contributed by atoms with van der Waals surface area (Å²) in [5.41, 5.74) is 0.411. The molecular weight excluding hydrogens is 168 g/mol. The molecule has 0 fully saturated rings. The van der Waals surface area contributed by atoms with E-state index >= 15 is 0 Å². The molecule has 0 saturated heterocycles. The van der Waals surface area contributed by atoms with Crippen LogP contribution in [-0.4, -0.2) is 35.5 Å².